The van der Waals surface area contributed by atoms with Crippen LogP contribution < -0.4 is 17.1 Å². The molecule has 0 saturated carbocycles. The van der Waals surface area contributed by atoms with Crippen LogP contribution in [-0.2, 0) is 48.2 Å². The number of aromatic nitrogens is 3. The van der Waals surface area contributed by atoms with E-state index in [1.54, 1.807) is 0 Å². The zero-order valence-corrected chi connectivity index (χ0v) is 22.0. The Hall–Kier alpha value is -4.08. The summed E-state index contributed by atoms with van der Waals surface area (Å²) in [5.74, 6) is -2.49. The third-order valence-corrected chi connectivity index (χ3v) is 4.83. The molecule has 39 heavy (non-hydrogen) atoms. The van der Waals surface area contributed by atoms with Gasteiger partial charge in [-0.1, -0.05) is 19.7 Å². The molecule has 0 radical (unpaired) electrons. The summed E-state index contributed by atoms with van der Waals surface area (Å²) < 4.78 is 15.7. The molecule has 0 saturated heterocycles. The van der Waals surface area contributed by atoms with Crippen molar-refractivity contribution in [1.29, 1.82) is 0 Å². The van der Waals surface area contributed by atoms with Gasteiger partial charge in [-0.3, -0.25) is 0 Å². The second-order valence-corrected chi connectivity index (χ2v) is 8.78. The average molecular weight is 556 g/mol. The van der Waals surface area contributed by atoms with E-state index in [1.165, 1.54) is 20.8 Å². The van der Waals surface area contributed by atoms with Crippen LogP contribution in [0, 0.1) is 0 Å². The highest BCUT2D eigenvalue weighted by atomic mass is 16.6. The summed E-state index contributed by atoms with van der Waals surface area (Å²) in [6.45, 7) is 10.1. The summed E-state index contributed by atoms with van der Waals surface area (Å²) in [5, 5.41) is 30.8. The summed E-state index contributed by atoms with van der Waals surface area (Å²) in [6, 6.07) is 0. The molecule has 1 rings (SSSR count). The molecule has 3 unspecified atom stereocenters. The van der Waals surface area contributed by atoms with E-state index < -0.39 is 92.7 Å². The number of carbonyl (C=O) groups excluding carboxylic acids is 3. The molecule has 0 aliphatic rings. The van der Waals surface area contributed by atoms with E-state index in [0.29, 0.717) is 13.7 Å². The van der Waals surface area contributed by atoms with Gasteiger partial charge in [0, 0.05) is 16.7 Å². The number of hydrogen-bond acceptors (Lipinski definition) is 12. The molecule has 15 nitrogen and oxygen atoms in total. The van der Waals surface area contributed by atoms with E-state index in [-0.39, 0.29) is 16.7 Å². The Morgan fingerprint density at radius 2 is 0.795 bits per heavy atom. The molecule has 0 bridgehead atoms. The van der Waals surface area contributed by atoms with Crippen LogP contribution in [-0.4, -0.2) is 85.1 Å². The fraction of sp³-hybridized carbons (Fsp3) is 0.500. The van der Waals surface area contributed by atoms with Crippen LogP contribution in [0.1, 0.15) is 20.8 Å². The van der Waals surface area contributed by atoms with Crippen LogP contribution in [0.4, 0.5) is 0 Å². The highest BCUT2D eigenvalue weighted by molar-refractivity contribution is 5.87. The van der Waals surface area contributed by atoms with Crippen molar-refractivity contribution >= 4 is 17.9 Å². The number of hydrogen-bond donors (Lipinski definition) is 3. The first-order valence-corrected chi connectivity index (χ1v) is 11.5. The lowest BCUT2D eigenvalue weighted by atomic mass is 10.3. The zero-order valence-electron chi connectivity index (χ0n) is 22.0. The molecule has 3 atom stereocenters. The van der Waals surface area contributed by atoms with Gasteiger partial charge < -0.3 is 29.5 Å². The van der Waals surface area contributed by atoms with Crippen molar-refractivity contribution in [3.63, 3.8) is 0 Å². The fourth-order valence-corrected chi connectivity index (χ4v) is 2.83. The molecule has 0 amide bonds. The molecule has 3 N–H and O–H groups in total. The van der Waals surface area contributed by atoms with Gasteiger partial charge >= 0.3 is 35.0 Å². The summed E-state index contributed by atoms with van der Waals surface area (Å²) >= 11 is 0. The number of rotatable bonds is 15. The number of esters is 3. The minimum Gasteiger partial charge on any atom is -0.460 e. The molecule has 1 aromatic heterocycles. The molecule has 0 aromatic carbocycles. The van der Waals surface area contributed by atoms with Crippen LogP contribution >= 0.6 is 0 Å². The molecule has 0 fully saturated rings. The zero-order chi connectivity index (χ0) is 30.0. The van der Waals surface area contributed by atoms with Crippen LogP contribution in [0.5, 0.6) is 0 Å². The summed E-state index contributed by atoms with van der Waals surface area (Å²) in [5.41, 5.74) is -3.63. The maximum absolute atomic E-state index is 13.0. The average Bonchev–Trinajstić information content (AvgIpc) is 2.86. The number of ether oxygens (including phenoxy) is 3. The highest BCUT2D eigenvalue weighted by Crippen LogP contribution is 1.99. The van der Waals surface area contributed by atoms with Crippen LogP contribution in [0.25, 0.3) is 0 Å². The Bertz CT molecular complexity index is 1120. The van der Waals surface area contributed by atoms with Gasteiger partial charge in [0.15, 0.2) is 0 Å². The second-order valence-electron chi connectivity index (χ2n) is 8.78. The van der Waals surface area contributed by atoms with Crippen molar-refractivity contribution in [3.05, 3.63) is 67.9 Å². The predicted molar refractivity (Wildman–Crippen MR) is 135 cm³/mol. The van der Waals surface area contributed by atoms with Crippen molar-refractivity contribution in [2.75, 3.05) is 19.8 Å². The standard InChI is InChI=1S/C24H33N3O12/c1-13(2)19(31)37-10-16(28)7-25-22(34)26(8-17(29)11-38-20(32)14(3)4)24(36)27(23(25)35)9-18(30)12-39-21(33)15(5)6/h16-18,28-30H,1,3,5,7-12H2,2,4,6H3. The SMILES string of the molecule is C=C(C)C(=O)OCC(O)Cn1c(=O)n(CC(O)COC(=O)C(=C)C)c(=O)n(CC(O)COC(=O)C(=C)C)c1=O. The van der Waals surface area contributed by atoms with E-state index in [9.17, 15) is 44.1 Å². The van der Waals surface area contributed by atoms with Gasteiger partial charge in [0.25, 0.3) is 0 Å². The molecular weight excluding hydrogens is 522 g/mol. The quantitative estimate of drug-likeness (QED) is 0.118. The summed E-state index contributed by atoms with van der Waals surface area (Å²) in [4.78, 5) is 73.8. The normalized spacial score (nSPS) is 13.1. The first-order valence-electron chi connectivity index (χ1n) is 11.5. The molecule has 0 aliphatic heterocycles. The van der Waals surface area contributed by atoms with Crippen molar-refractivity contribution < 1.29 is 43.9 Å². The lowest BCUT2D eigenvalue weighted by Crippen LogP contribution is -2.57. The van der Waals surface area contributed by atoms with Gasteiger partial charge in [-0.25, -0.2) is 42.5 Å². The van der Waals surface area contributed by atoms with E-state index in [4.69, 9.17) is 14.2 Å². The van der Waals surface area contributed by atoms with E-state index in [0.717, 1.165) is 0 Å². The van der Waals surface area contributed by atoms with E-state index >= 15 is 0 Å². The first-order chi connectivity index (χ1) is 18.1. The van der Waals surface area contributed by atoms with Gasteiger partial charge in [-0.05, 0) is 20.8 Å². The molecule has 0 aliphatic carbocycles. The molecule has 15 heteroatoms. The Morgan fingerprint density at radius 3 is 0.974 bits per heavy atom. The van der Waals surface area contributed by atoms with Crippen molar-refractivity contribution in [1.82, 2.24) is 13.7 Å². The number of carbonyl (C=O) groups is 3. The van der Waals surface area contributed by atoms with Gasteiger partial charge in [0.05, 0.1) is 19.6 Å². The number of aliphatic hydroxyl groups excluding tert-OH is 3. The maximum Gasteiger partial charge on any atom is 0.336 e. The molecule has 0 spiro atoms. The Morgan fingerprint density at radius 1 is 0.590 bits per heavy atom. The Labute approximate surface area is 222 Å². The predicted octanol–water partition coefficient (Wildman–Crippen LogP) is -2.39. The number of aliphatic hydroxyl groups is 3. The molecule has 1 aromatic rings. The molecule has 1 heterocycles. The third kappa shape index (κ3) is 9.96. The van der Waals surface area contributed by atoms with Crippen molar-refractivity contribution in [3.8, 4) is 0 Å². The number of nitrogens with zero attached hydrogens (tertiary/aromatic N) is 3. The maximum atomic E-state index is 13.0. The summed E-state index contributed by atoms with van der Waals surface area (Å²) in [7, 11) is 0. The first kappa shape index (κ1) is 32.9. The topological polar surface area (TPSA) is 206 Å². The third-order valence-electron chi connectivity index (χ3n) is 4.83. The largest absolute Gasteiger partial charge is 0.460 e. The van der Waals surface area contributed by atoms with E-state index in [1.807, 2.05) is 0 Å². The second kappa shape index (κ2) is 14.8. The van der Waals surface area contributed by atoms with Gasteiger partial charge in [-0.15, -0.1) is 0 Å². The minimum absolute atomic E-state index is 0.0398. The van der Waals surface area contributed by atoms with Crippen LogP contribution in [0.2, 0.25) is 0 Å². The van der Waals surface area contributed by atoms with E-state index in [2.05, 4.69) is 19.7 Å². The van der Waals surface area contributed by atoms with Crippen LogP contribution in [0.15, 0.2) is 50.8 Å². The Kier molecular flexibility index (Phi) is 12.5. The Balaban J connectivity index is 3.37. The highest BCUT2D eigenvalue weighted by Gasteiger charge is 2.23. The fourth-order valence-electron chi connectivity index (χ4n) is 2.83. The lowest BCUT2D eigenvalue weighted by Gasteiger charge is -2.19. The van der Waals surface area contributed by atoms with Gasteiger partial charge in [0.2, 0.25) is 0 Å². The van der Waals surface area contributed by atoms with Crippen molar-refractivity contribution in [2.45, 2.75) is 58.7 Å². The minimum atomic E-state index is -1.58. The lowest BCUT2D eigenvalue weighted by molar-refractivity contribution is -0.142. The summed E-state index contributed by atoms with van der Waals surface area (Å²) in [6.07, 6.45) is -4.75. The monoisotopic (exact) mass is 555 g/mol. The smallest absolute Gasteiger partial charge is 0.336 e. The molecule has 216 valence electrons. The van der Waals surface area contributed by atoms with Crippen LogP contribution in [0.3, 0.4) is 0 Å². The molecular formula is C24H33N3O12. The van der Waals surface area contributed by atoms with Gasteiger partial charge in [-0.2, -0.15) is 0 Å². The van der Waals surface area contributed by atoms with Gasteiger partial charge in [0.1, 0.15) is 38.1 Å². The van der Waals surface area contributed by atoms with Crippen molar-refractivity contribution in [2.24, 2.45) is 0 Å².